The zero-order valence-electron chi connectivity index (χ0n) is 11.5. The summed E-state index contributed by atoms with van der Waals surface area (Å²) in [6.07, 6.45) is 1.47. The number of nitrogens with zero attached hydrogens (tertiary/aromatic N) is 3. The highest BCUT2D eigenvalue weighted by Crippen LogP contribution is 2.29. The van der Waals surface area contributed by atoms with E-state index in [9.17, 15) is 4.79 Å². The lowest BCUT2D eigenvalue weighted by Crippen LogP contribution is -2.36. The van der Waals surface area contributed by atoms with Crippen molar-refractivity contribution in [1.29, 1.82) is 0 Å². The summed E-state index contributed by atoms with van der Waals surface area (Å²) >= 11 is 0. The van der Waals surface area contributed by atoms with Gasteiger partial charge >= 0.3 is 6.03 Å². The Bertz CT molecular complexity index is 676. The Hall–Kier alpha value is -2.18. The maximum absolute atomic E-state index is 11.6. The van der Waals surface area contributed by atoms with Gasteiger partial charge in [0.1, 0.15) is 12.1 Å². The Morgan fingerprint density at radius 1 is 1.38 bits per heavy atom. The van der Waals surface area contributed by atoms with E-state index < -0.39 is 0 Å². The number of carbonyl (C=O) groups excluding carboxylic acids is 1. The number of benzene rings is 1. The summed E-state index contributed by atoms with van der Waals surface area (Å²) in [5.74, 6) is 0.580. The standard InChI is InChI=1S/C14H15N5O.ClH/c1-19-7-11-12(10-4-2-3-9(5-10)6-15)16-8-17-13(11)18-14(19)20;/h2-5,8H,6-7,15H2,1H3,(H,16,17,18,20);1H. The number of carbonyl (C=O) groups is 1. The molecule has 2 amide bonds. The number of aromatic nitrogens is 2. The molecule has 0 fully saturated rings. The van der Waals surface area contributed by atoms with Crippen LogP contribution in [0.25, 0.3) is 11.3 Å². The normalized spacial score (nSPS) is 13.2. The van der Waals surface area contributed by atoms with Crippen LogP contribution >= 0.6 is 12.4 Å². The second-order valence-electron chi connectivity index (χ2n) is 4.74. The Morgan fingerprint density at radius 2 is 2.19 bits per heavy atom. The SMILES string of the molecule is CN1Cc2c(ncnc2-c2cccc(CN)c2)NC1=O.Cl. The van der Waals surface area contributed by atoms with Crippen LogP contribution in [0.2, 0.25) is 0 Å². The summed E-state index contributed by atoms with van der Waals surface area (Å²) in [4.78, 5) is 21.7. The lowest BCUT2D eigenvalue weighted by atomic mass is 10.0. The predicted molar refractivity (Wildman–Crippen MR) is 83.1 cm³/mol. The number of halogens is 1. The molecule has 6 nitrogen and oxygen atoms in total. The van der Waals surface area contributed by atoms with E-state index in [1.165, 1.54) is 6.33 Å². The van der Waals surface area contributed by atoms with Crippen LogP contribution in [0.3, 0.4) is 0 Å². The molecular weight excluding hydrogens is 290 g/mol. The van der Waals surface area contributed by atoms with Gasteiger partial charge in [-0.05, 0) is 11.6 Å². The number of nitrogens with one attached hydrogen (secondary N) is 1. The average molecular weight is 306 g/mol. The Morgan fingerprint density at radius 3 is 2.95 bits per heavy atom. The van der Waals surface area contributed by atoms with Gasteiger partial charge in [0, 0.05) is 24.7 Å². The van der Waals surface area contributed by atoms with Crippen LogP contribution in [0.4, 0.5) is 10.6 Å². The number of hydrogen-bond acceptors (Lipinski definition) is 4. The third kappa shape index (κ3) is 2.81. The predicted octanol–water partition coefficient (Wildman–Crippen LogP) is 2.00. The Labute approximate surface area is 128 Å². The van der Waals surface area contributed by atoms with E-state index in [2.05, 4.69) is 15.3 Å². The molecule has 1 aromatic carbocycles. The number of nitrogens with two attached hydrogens (primary N) is 1. The molecular formula is C14H16ClN5O. The Kier molecular flexibility index (Phi) is 4.40. The molecule has 21 heavy (non-hydrogen) atoms. The number of urea groups is 1. The molecule has 110 valence electrons. The van der Waals surface area contributed by atoms with Gasteiger partial charge in [0.2, 0.25) is 0 Å². The second-order valence-corrected chi connectivity index (χ2v) is 4.74. The van der Waals surface area contributed by atoms with Crippen molar-refractivity contribution < 1.29 is 4.79 Å². The van der Waals surface area contributed by atoms with E-state index in [1.807, 2.05) is 24.3 Å². The van der Waals surface area contributed by atoms with Gasteiger partial charge in [-0.25, -0.2) is 14.8 Å². The molecule has 0 spiro atoms. The van der Waals surface area contributed by atoms with Gasteiger partial charge in [0.25, 0.3) is 0 Å². The highest BCUT2D eigenvalue weighted by Gasteiger charge is 2.24. The van der Waals surface area contributed by atoms with E-state index in [-0.39, 0.29) is 18.4 Å². The van der Waals surface area contributed by atoms with Gasteiger partial charge in [-0.2, -0.15) is 0 Å². The summed E-state index contributed by atoms with van der Waals surface area (Å²) < 4.78 is 0. The molecule has 0 aliphatic carbocycles. The summed E-state index contributed by atoms with van der Waals surface area (Å²) in [7, 11) is 1.74. The average Bonchev–Trinajstić information content (AvgIpc) is 2.48. The third-order valence-electron chi connectivity index (χ3n) is 3.35. The minimum Gasteiger partial charge on any atom is -0.326 e. The van der Waals surface area contributed by atoms with E-state index in [0.29, 0.717) is 18.9 Å². The molecule has 2 aromatic rings. The van der Waals surface area contributed by atoms with Gasteiger partial charge in [0.15, 0.2) is 0 Å². The van der Waals surface area contributed by atoms with E-state index in [1.54, 1.807) is 11.9 Å². The minimum atomic E-state index is -0.155. The van der Waals surface area contributed by atoms with E-state index in [0.717, 1.165) is 22.4 Å². The fraction of sp³-hybridized carbons (Fsp3) is 0.214. The first-order chi connectivity index (χ1) is 9.69. The molecule has 0 atom stereocenters. The summed E-state index contributed by atoms with van der Waals surface area (Å²) in [6, 6.07) is 7.78. The van der Waals surface area contributed by atoms with Gasteiger partial charge in [-0.1, -0.05) is 18.2 Å². The van der Waals surface area contributed by atoms with Gasteiger partial charge in [-0.3, -0.25) is 5.32 Å². The van der Waals surface area contributed by atoms with Crippen molar-refractivity contribution in [3.8, 4) is 11.3 Å². The highest BCUT2D eigenvalue weighted by molar-refractivity contribution is 5.92. The fourth-order valence-electron chi connectivity index (χ4n) is 2.27. The summed E-state index contributed by atoms with van der Waals surface area (Å²) in [5, 5.41) is 2.76. The van der Waals surface area contributed by atoms with Crippen molar-refractivity contribution >= 4 is 24.3 Å². The van der Waals surface area contributed by atoms with Crippen LogP contribution in [-0.4, -0.2) is 27.9 Å². The van der Waals surface area contributed by atoms with Gasteiger partial charge in [0.05, 0.1) is 12.2 Å². The van der Waals surface area contributed by atoms with Crippen molar-refractivity contribution in [3.05, 3.63) is 41.7 Å². The molecule has 1 aliphatic heterocycles. The first-order valence-corrected chi connectivity index (χ1v) is 6.34. The Balaban J connectivity index is 0.00000161. The lowest BCUT2D eigenvalue weighted by molar-refractivity contribution is 0.218. The van der Waals surface area contributed by atoms with Crippen molar-refractivity contribution in [2.24, 2.45) is 5.73 Å². The smallest absolute Gasteiger partial charge is 0.323 e. The molecule has 0 unspecified atom stereocenters. The minimum absolute atomic E-state index is 0. The molecule has 1 aromatic heterocycles. The van der Waals surface area contributed by atoms with Crippen LogP contribution in [0, 0.1) is 0 Å². The van der Waals surface area contributed by atoms with E-state index >= 15 is 0 Å². The number of anilines is 1. The lowest BCUT2D eigenvalue weighted by Gasteiger charge is -2.26. The van der Waals surface area contributed by atoms with Crippen LogP contribution in [0.5, 0.6) is 0 Å². The number of fused-ring (bicyclic) bond motifs is 1. The van der Waals surface area contributed by atoms with Gasteiger partial charge in [-0.15, -0.1) is 12.4 Å². The largest absolute Gasteiger partial charge is 0.326 e. The molecule has 2 heterocycles. The third-order valence-corrected chi connectivity index (χ3v) is 3.35. The summed E-state index contributed by atoms with van der Waals surface area (Å²) in [5.41, 5.74) is 9.45. The molecule has 1 aliphatic rings. The fourth-order valence-corrected chi connectivity index (χ4v) is 2.27. The number of amides is 2. The first-order valence-electron chi connectivity index (χ1n) is 6.34. The molecule has 0 radical (unpaired) electrons. The van der Waals surface area contributed by atoms with E-state index in [4.69, 9.17) is 5.73 Å². The summed E-state index contributed by atoms with van der Waals surface area (Å²) in [6.45, 7) is 0.974. The maximum Gasteiger partial charge on any atom is 0.323 e. The molecule has 0 saturated heterocycles. The molecule has 0 saturated carbocycles. The first kappa shape index (κ1) is 15.2. The second kappa shape index (κ2) is 6.07. The number of hydrogen-bond donors (Lipinski definition) is 2. The topological polar surface area (TPSA) is 84.1 Å². The molecule has 7 heteroatoms. The van der Waals surface area contributed by atoms with Crippen molar-refractivity contribution in [2.45, 2.75) is 13.1 Å². The molecule has 3 rings (SSSR count). The van der Waals surface area contributed by atoms with Crippen molar-refractivity contribution in [3.63, 3.8) is 0 Å². The quantitative estimate of drug-likeness (QED) is 0.889. The molecule has 3 N–H and O–H groups in total. The van der Waals surface area contributed by atoms with Gasteiger partial charge < -0.3 is 10.6 Å². The zero-order valence-corrected chi connectivity index (χ0v) is 12.4. The van der Waals surface area contributed by atoms with Crippen LogP contribution in [0.15, 0.2) is 30.6 Å². The number of rotatable bonds is 2. The monoisotopic (exact) mass is 305 g/mol. The van der Waals surface area contributed by atoms with Crippen molar-refractivity contribution in [2.75, 3.05) is 12.4 Å². The van der Waals surface area contributed by atoms with Crippen LogP contribution in [-0.2, 0) is 13.1 Å². The highest BCUT2D eigenvalue weighted by atomic mass is 35.5. The zero-order chi connectivity index (χ0) is 14.1. The van der Waals surface area contributed by atoms with Crippen molar-refractivity contribution in [1.82, 2.24) is 14.9 Å². The maximum atomic E-state index is 11.6. The van der Waals surface area contributed by atoms with Crippen LogP contribution in [0.1, 0.15) is 11.1 Å². The van der Waals surface area contributed by atoms with Crippen LogP contribution < -0.4 is 11.1 Å². The molecule has 0 bridgehead atoms.